The highest BCUT2D eigenvalue weighted by molar-refractivity contribution is 6.37. The van der Waals surface area contributed by atoms with Crippen molar-refractivity contribution < 1.29 is 19.4 Å². The first kappa shape index (κ1) is 21.9. The predicted molar refractivity (Wildman–Crippen MR) is 119 cm³/mol. The number of hydrogen-bond acceptors (Lipinski definition) is 6. The van der Waals surface area contributed by atoms with E-state index >= 15 is 0 Å². The number of piperazine rings is 1. The van der Waals surface area contributed by atoms with Crippen molar-refractivity contribution in [3.05, 3.63) is 57.2 Å². The molecule has 2 aliphatic rings. The summed E-state index contributed by atoms with van der Waals surface area (Å²) in [6.07, 6.45) is 2.30. The summed E-state index contributed by atoms with van der Waals surface area (Å²) in [4.78, 5) is 16.2. The Morgan fingerprint density at radius 2 is 1.94 bits per heavy atom. The number of halogens is 2. The van der Waals surface area contributed by atoms with Crippen LogP contribution >= 0.6 is 23.2 Å². The van der Waals surface area contributed by atoms with Gasteiger partial charge in [0.15, 0.2) is 5.75 Å². The van der Waals surface area contributed by atoms with Gasteiger partial charge in [0, 0.05) is 31.4 Å². The van der Waals surface area contributed by atoms with Crippen molar-refractivity contribution in [3.63, 3.8) is 0 Å². The zero-order valence-electron chi connectivity index (χ0n) is 17.0. The number of carboxylic acid groups (broad SMARTS) is 1. The van der Waals surface area contributed by atoms with Gasteiger partial charge in [0.1, 0.15) is 13.2 Å². The van der Waals surface area contributed by atoms with E-state index in [4.69, 9.17) is 32.7 Å². The van der Waals surface area contributed by atoms with Crippen LogP contribution in [0.5, 0.6) is 11.6 Å². The number of nitrogens with zero attached hydrogens (tertiary/aromatic N) is 1. The largest absolute Gasteiger partial charge is 0.487 e. The van der Waals surface area contributed by atoms with Gasteiger partial charge in [-0.15, -0.1) is 0 Å². The highest BCUT2D eigenvalue weighted by Crippen LogP contribution is 2.34. The molecule has 9 heteroatoms. The molecular weight excluding hydrogens is 441 g/mol. The Morgan fingerprint density at radius 1 is 1.19 bits per heavy atom. The highest BCUT2D eigenvalue weighted by atomic mass is 35.5. The van der Waals surface area contributed by atoms with Crippen LogP contribution in [0.1, 0.15) is 17.5 Å². The summed E-state index contributed by atoms with van der Waals surface area (Å²) in [7, 11) is 0. The Labute approximate surface area is 190 Å². The molecule has 1 aromatic carbocycles. The summed E-state index contributed by atoms with van der Waals surface area (Å²) in [5.74, 6) is -0.0396. The normalized spacial score (nSPS) is 20.5. The maximum Gasteiger partial charge on any atom is 0.333 e. The number of hydrogen-bond donors (Lipinski definition) is 3. The number of aryl methyl sites for hydroxylation is 1. The van der Waals surface area contributed by atoms with Crippen LogP contribution in [0, 0.1) is 6.92 Å². The molecule has 1 aromatic heterocycles. The number of nitrogens with one attached hydrogen (secondary N) is 2. The highest BCUT2D eigenvalue weighted by Gasteiger charge is 2.35. The molecule has 3 N–H and O–H groups in total. The number of benzene rings is 1. The molecule has 2 aromatic rings. The zero-order chi connectivity index (χ0) is 22.0. The summed E-state index contributed by atoms with van der Waals surface area (Å²) in [5.41, 5.74) is 2.99. The van der Waals surface area contributed by atoms with Crippen LogP contribution in [0.25, 0.3) is 5.57 Å². The second-order valence-corrected chi connectivity index (χ2v) is 8.43. The van der Waals surface area contributed by atoms with Gasteiger partial charge in [-0.25, -0.2) is 9.78 Å². The molecule has 1 fully saturated rings. The number of pyridine rings is 1. The Hall–Kier alpha value is -2.32. The molecule has 1 saturated heterocycles. The Balaban J connectivity index is 1.39. The summed E-state index contributed by atoms with van der Waals surface area (Å²) in [6.45, 7) is 3.84. The van der Waals surface area contributed by atoms with Crippen molar-refractivity contribution >= 4 is 34.7 Å². The van der Waals surface area contributed by atoms with Crippen molar-refractivity contribution in [2.45, 2.75) is 25.4 Å². The van der Waals surface area contributed by atoms with E-state index in [1.54, 1.807) is 24.4 Å². The first-order chi connectivity index (χ1) is 14.9. The molecule has 0 unspecified atom stereocenters. The van der Waals surface area contributed by atoms with E-state index in [0.717, 1.165) is 23.2 Å². The lowest BCUT2D eigenvalue weighted by Crippen LogP contribution is -2.58. The third-order valence-corrected chi connectivity index (χ3v) is 5.90. The first-order valence-electron chi connectivity index (χ1n) is 10.0. The second kappa shape index (κ2) is 9.44. The molecule has 3 heterocycles. The molecule has 2 atom stereocenters. The molecule has 164 valence electrons. The molecule has 0 spiro atoms. The SMILES string of the molecule is Cc1cc(Cl)c(OCCOc2ccc(C3=C(C(=O)O)[C@H]4CNC[C@@H](C3)N4)cn2)c(Cl)c1. The standard InChI is InChI=1S/C22H23Cl2N3O4/c1-12-6-16(23)21(17(24)7-12)31-5-4-30-19-3-2-13(9-26-19)15-8-14-10-25-11-18(27-14)20(15)22(28)29/h2-3,6-7,9,14,18,25,27H,4-5,8,10-11H2,1H3,(H,28,29)/t14-,18-/m1/s1. The summed E-state index contributed by atoms with van der Waals surface area (Å²) in [6, 6.07) is 7.18. The minimum absolute atomic E-state index is 0.200. The van der Waals surface area contributed by atoms with Crippen LogP contribution in [-0.4, -0.2) is 54.4 Å². The smallest absolute Gasteiger partial charge is 0.333 e. The number of carboxylic acids is 1. The van der Waals surface area contributed by atoms with Crippen LogP contribution in [-0.2, 0) is 4.79 Å². The van der Waals surface area contributed by atoms with Crippen molar-refractivity contribution in [2.75, 3.05) is 26.3 Å². The average Bonchev–Trinajstić information content (AvgIpc) is 2.72. The van der Waals surface area contributed by atoms with Crippen LogP contribution in [0.4, 0.5) is 0 Å². The number of aromatic nitrogens is 1. The minimum atomic E-state index is -0.902. The number of aliphatic carboxylic acids is 1. The molecule has 0 amide bonds. The maximum absolute atomic E-state index is 11.9. The lowest BCUT2D eigenvalue weighted by Gasteiger charge is -2.38. The van der Waals surface area contributed by atoms with Gasteiger partial charge in [-0.2, -0.15) is 0 Å². The predicted octanol–water partition coefficient (Wildman–Crippen LogP) is 3.33. The fraction of sp³-hybridized carbons (Fsp3) is 0.364. The average molecular weight is 464 g/mol. The van der Waals surface area contributed by atoms with E-state index in [1.165, 1.54) is 0 Å². The van der Waals surface area contributed by atoms with Gasteiger partial charge in [-0.05, 0) is 48.2 Å². The monoisotopic (exact) mass is 463 g/mol. The fourth-order valence-electron chi connectivity index (χ4n) is 4.00. The Morgan fingerprint density at radius 3 is 2.61 bits per heavy atom. The van der Waals surface area contributed by atoms with E-state index in [2.05, 4.69) is 15.6 Å². The van der Waals surface area contributed by atoms with Gasteiger partial charge in [0.25, 0.3) is 0 Å². The van der Waals surface area contributed by atoms with E-state index < -0.39 is 5.97 Å². The zero-order valence-corrected chi connectivity index (χ0v) is 18.5. The van der Waals surface area contributed by atoms with Crippen molar-refractivity contribution in [2.24, 2.45) is 0 Å². The first-order valence-corrected chi connectivity index (χ1v) is 10.8. The molecule has 4 rings (SSSR count). The van der Waals surface area contributed by atoms with Crippen LogP contribution in [0.3, 0.4) is 0 Å². The summed E-state index contributed by atoms with van der Waals surface area (Å²) < 4.78 is 11.3. The number of rotatable bonds is 7. The van der Waals surface area contributed by atoms with Crippen molar-refractivity contribution in [1.82, 2.24) is 15.6 Å². The molecule has 2 aliphatic heterocycles. The van der Waals surface area contributed by atoms with E-state index in [-0.39, 0.29) is 25.3 Å². The molecule has 0 radical (unpaired) electrons. The van der Waals surface area contributed by atoms with E-state index in [0.29, 0.717) is 40.2 Å². The van der Waals surface area contributed by atoms with Crippen LogP contribution in [0.15, 0.2) is 36.0 Å². The quantitative estimate of drug-likeness (QED) is 0.542. The van der Waals surface area contributed by atoms with E-state index in [9.17, 15) is 9.90 Å². The second-order valence-electron chi connectivity index (χ2n) is 7.62. The third-order valence-electron chi connectivity index (χ3n) is 5.34. The Kier molecular flexibility index (Phi) is 6.67. The van der Waals surface area contributed by atoms with Crippen molar-refractivity contribution in [1.29, 1.82) is 0 Å². The van der Waals surface area contributed by atoms with Gasteiger partial charge in [0.2, 0.25) is 5.88 Å². The third kappa shape index (κ3) is 4.96. The van der Waals surface area contributed by atoms with Gasteiger partial charge in [-0.1, -0.05) is 23.2 Å². The molecule has 2 bridgehead atoms. The van der Waals surface area contributed by atoms with Gasteiger partial charge < -0.3 is 25.2 Å². The summed E-state index contributed by atoms with van der Waals surface area (Å²) in [5, 5.41) is 17.3. The minimum Gasteiger partial charge on any atom is -0.487 e. The van der Waals surface area contributed by atoms with Crippen LogP contribution < -0.4 is 20.1 Å². The molecule has 7 nitrogen and oxygen atoms in total. The topological polar surface area (TPSA) is 92.7 Å². The van der Waals surface area contributed by atoms with E-state index in [1.807, 2.05) is 13.0 Å². The molecular formula is C22H23Cl2N3O4. The van der Waals surface area contributed by atoms with Gasteiger partial charge in [0.05, 0.1) is 21.7 Å². The number of ether oxygens (including phenoxy) is 2. The molecule has 0 saturated carbocycles. The fourth-order valence-corrected chi connectivity index (χ4v) is 4.70. The molecule has 31 heavy (non-hydrogen) atoms. The van der Waals surface area contributed by atoms with Gasteiger partial charge >= 0.3 is 5.97 Å². The summed E-state index contributed by atoms with van der Waals surface area (Å²) >= 11 is 12.3. The van der Waals surface area contributed by atoms with Crippen LogP contribution in [0.2, 0.25) is 10.0 Å². The van der Waals surface area contributed by atoms with Gasteiger partial charge in [-0.3, -0.25) is 0 Å². The lowest BCUT2D eigenvalue weighted by molar-refractivity contribution is -0.133. The number of fused-ring (bicyclic) bond motifs is 2. The van der Waals surface area contributed by atoms with Crippen molar-refractivity contribution in [3.8, 4) is 11.6 Å². The number of carbonyl (C=O) groups is 1. The lowest BCUT2D eigenvalue weighted by atomic mass is 9.85. The Bertz CT molecular complexity index is 987. The molecule has 0 aliphatic carbocycles. The maximum atomic E-state index is 11.9.